The summed E-state index contributed by atoms with van der Waals surface area (Å²) in [5, 5.41) is 1.36. The summed E-state index contributed by atoms with van der Waals surface area (Å²) >= 11 is 0. The van der Waals surface area contributed by atoms with E-state index in [1.807, 2.05) is 0 Å². The van der Waals surface area contributed by atoms with Gasteiger partial charge in [0.25, 0.3) is 0 Å². The van der Waals surface area contributed by atoms with Crippen LogP contribution in [0.5, 0.6) is 0 Å². The van der Waals surface area contributed by atoms with E-state index in [4.69, 9.17) is 0 Å². The van der Waals surface area contributed by atoms with Crippen molar-refractivity contribution in [2.75, 3.05) is 13.1 Å². The zero-order chi connectivity index (χ0) is 13.4. The summed E-state index contributed by atoms with van der Waals surface area (Å²) in [4.78, 5) is 2.54. The van der Waals surface area contributed by atoms with Crippen LogP contribution in [0.2, 0.25) is 0 Å². The van der Waals surface area contributed by atoms with Gasteiger partial charge in [-0.05, 0) is 44.0 Å². The third-order valence-corrected chi connectivity index (χ3v) is 4.33. The Morgan fingerprint density at radius 2 is 2.21 bits per heavy atom. The molecule has 1 aromatic heterocycles. The number of nitrogens with zero attached hydrogens (tertiary/aromatic N) is 2. The Morgan fingerprint density at radius 3 is 2.95 bits per heavy atom. The minimum absolute atomic E-state index is 0.678. The maximum absolute atomic E-state index is 3.91. The predicted octanol–water partition coefficient (Wildman–Crippen LogP) is 3.49. The van der Waals surface area contributed by atoms with Crippen molar-refractivity contribution in [2.45, 2.75) is 19.9 Å². The van der Waals surface area contributed by atoms with Gasteiger partial charge in [-0.25, -0.2) is 0 Å². The fourth-order valence-electron chi connectivity index (χ4n) is 3.11. The summed E-state index contributed by atoms with van der Waals surface area (Å²) in [6.07, 6.45) is 3.36. The fourth-order valence-corrected chi connectivity index (χ4v) is 3.11. The zero-order valence-corrected chi connectivity index (χ0v) is 11.9. The van der Waals surface area contributed by atoms with Crippen molar-refractivity contribution >= 4 is 10.9 Å². The van der Waals surface area contributed by atoms with Gasteiger partial charge in [0.15, 0.2) is 0 Å². The average molecular weight is 254 g/mol. The molecule has 2 heterocycles. The first-order valence-electron chi connectivity index (χ1n) is 7.07. The highest BCUT2D eigenvalue weighted by atomic mass is 15.2. The van der Waals surface area contributed by atoms with E-state index >= 15 is 0 Å². The molecular formula is C17H22N2. The second-order valence-corrected chi connectivity index (χ2v) is 5.78. The van der Waals surface area contributed by atoms with Crippen LogP contribution in [-0.4, -0.2) is 22.6 Å². The molecule has 3 rings (SSSR count). The normalized spacial score (nSPS) is 20.2. The van der Waals surface area contributed by atoms with E-state index in [0.717, 1.165) is 13.1 Å². The smallest absolute Gasteiger partial charge is 0.0480 e. The molecule has 0 bridgehead atoms. The van der Waals surface area contributed by atoms with Crippen LogP contribution in [0.4, 0.5) is 0 Å². The van der Waals surface area contributed by atoms with Crippen LogP contribution in [0.3, 0.4) is 0 Å². The quantitative estimate of drug-likeness (QED) is 0.761. The molecule has 0 aliphatic carbocycles. The molecule has 0 amide bonds. The minimum atomic E-state index is 0.678. The van der Waals surface area contributed by atoms with Crippen LogP contribution < -0.4 is 0 Å². The molecule has 0 spiro atoms. The van der Waals surface area contributed by atoms with Crippen molar-refractivity contribution in [2.24, 2.45) is 13.0 Å². The molecule has 1 aliphatic rings. The van der Waals surface area contributed by atoms with Gasteiger partial charge in [-0.2, -0.15) is 0 Å². The van der Waals surface area contributed by atoms with Gasteiger partial charge >= 0.3 is 0 Å². The monoisotopic (exact) mass is 254 g/mol. The molecule has 1 aromatic carbocycles. The SMILES string of the molecule is C=CC1CCN(Cc2cc3cc(C)ccc3n2C)C1. The van der Waals surface area contributed by atoms with Crippen molar-refractivity contribution in [3.63, 3.8) is 0 Å². The molecule has 2 nitrogen and oxygen atoms in total. The van der Waals surface area contributed by atoms with Crippen LogP contribution in [0.25, 0.3) is 10.9 Å². The Kier molecular flexibility index (Phi) is 3.19. The highest BCUT2D eigenvalue weighted by Gasteiger charge is 2.20. The molecular weight excluding hydrogens is 232 g/mol. The van der Waals surface area contributed by atoms with E-state index in [2.05, 4.69) is 60.4 Å². The van der Waals surface area contributed by atoms with Crippen molar-refractivity contribution < 1.29 is 0 Å². The van der Waals surface area contributed by atoms with E-state index in [0.29, 0.717) is 5.92 Å². The second-order valence-electron chi connectivity index (χ2n) is 5.78. The first kappa shape index (κ1) is 12.5. The van der Waals surface area contributed by atoms with Crippen LogP contribution in [0.1, 0.15) is 17.7 Å². The molecule has 2 aromatic rings. The third kappa shape index (κ3) is 2.33. The van der Waals surface area contributed by atoms with E-state index in [1.54, 1.807) is 0 Å². The molecule has 0 saturated carbocycles. The van der Waals surface area contributed by atoms with E-state index in [-0.39, 0.29) is 0 Å². The van der Waals surface area contributed by atoms with Crippen molar-refractivity contribution in [3.8, 4) is 0 Å². The van der Waals surface area contributed by atoms with E-state index in [9.17, 15) is 0 Å². The van der Waals surface area contributed by atoms with Crippen molar-refractivity contribution in [1.29, 1.82) is 0 Å². The molecule has 100 valence electrons. The van der Waals surface area contributed by atoms with Crippen LogP contribution in [-0.2, 0) is 13.6 Å². The summed E-state index contributed by atoms with van der Waals surface area (Å²) < 4.78 is 2.33. The Balaban J connectivity index is 1.85. The van der Waals surface area contributed by atoms with Gasteiger partial charge in [-0.15, -0.1) is 6.58 Å². The van der Waals surface area contributed by atoms with Gasteiger partial charge in [0.1, 0.15) is 0 Å². The average Bonchev–Trinajstić information content (AvgIpc) is 2.96. The highest BCUT2D eigenvalue weighted by Crippen LogP contribution is 2.24. The van der Waals surface area contributed by atoms with Gasteiger partial charge in [0.05, 0.1) is 0 Å². The number of rotatable bonds is 3. The van der Waals surface area contributed by atoms with E-state index < -0.39 is 0 Å². The lowest BCUT2D eigenvalue weighted by molar-refractivity contribution is 0.317. The van der Waals surface area contributed by atoms with Gasteiger partial charge in [-0.3, -0.25) is 4.90 Å². The number of aromatic nitrogens is 1. The largest absolute Gasteiger partial charge is 0.346 e. The third-order valence-electron chi connectivity index (χ3n) is 4.33. The standard InChI is InChI=1S/C17H22N2/c1-4-14-7-8-19(11-14)12-16-10-15-9-13(2)5-6-17(15)18(16)3/h4-6,9-10,14H,1,7-8,11-12H2,2-3H3. The first-order chi connectivity index (χ1) is 9.17. The summed E-state index contributed by atoms with van der Waals surface area (Å²) in [5.74, 6) is 0.678. The number of aryl methyl sites for hydroxylation is 2. The van der Waals surface area contributed by atoms with Crippen LogP contribution >= 0.6 is 0 Å². The fraction of sp³-hybridized carbons (Fsp3) is 0.412. The Hall–Kier alpha value is -1.54. The summed E-state index contributed by atoms with van der Waals surface area (Å²) in [6.45, 7) is 9.47. The Labute approximate surface area is 115 Å². The van der Waals surface area contributed by atoms with Crippen LogP contribution in [0.15, 0.2) is 36.9 Å². The number of hydrogen-bond donors (Lipinski definition) is 0. The molecule has 1 aliphatic heterocycles. The summed E-state index contributed by atoms with van der Waals surface area (Å²) in [6, 6.07) is 9.03. The van der Waals surface area contributed by atoms with Crippen molar-refractivity contribution in [1.82, 2.24) is 9.47 Å². The summed E-state index contributed by atoms with van der Waals surface area (Å²) in [5.41, 5.74) is 4.07. The molecule has 0 radical (unpaired) electrons. The van der Waals surface area contributed by atoms with Crippen LogP contribution in [0, 0.1) is 12.8 Å². The molecule has 1 atom stereocenters. The van der Waals surface area contributed by atoms with Gasteiger partial charge in [0, 0.05) is 36.7 Å². The molecule has 2 heteroatoms. The molecule has 1 fully saturated rings. The number of likely N-dealkylation sites (tertiary alicyclic amines) is 1. The lowest BCUT2D eigenvalue weighted by Gasteiger charge is -2.15. The number of hydrogen-bond acceptors (Lipinski definition) is 1. The van der Waals surface area contributed by atoms with Gasteiger partial charge in [-0.1, -0.05) is 17.7 Å². The second kappa shape index (κ2) is 4.86. The lowest BCUT2D eigenvalue weighted by Crippen LogP contribution is -2.21. The Morgan fingerprint density at radius 1 is 1.37 bits per heavy atom. The lowest BCUT2D eigenvalue weighted by atomic mass is 10.1. The Bertz CT molecular complexity index is 609. The molecule has 19 heavy (non-hydrogen) atoms. The first-order valence-corrected chi connectivity index (χ1v) is 7.07. The van der Waals surface area contributed by atoms with Gasteiger partial charge in [0.2, 0.25) is 0 Å². The van der Waals surface area contributed by atoms with Gasteiger partial charge < -0.3 is 4.57 Å². The molecule has 0 N–H and O–H groups in total. The minimum Gasteiger partial charge on any atom is -0.346 e. The molecule has 1 unspecified atom stereocenters. The predicted molar refractivity (Wildman–Crippen MR) is 81.2 cm³/mol. The summed E-state index contributed by atoms with van der Waals surface area (Å²) in [7, 11) is 2.17. The van der Waals surface area contributed by atoms with E-state index in [1.165, 1.54) is 35.1 Å². The number of fused-ring (bicyclic) bond motifs is 1. The zero-order valence-electron chi connectivity index (χ0n) is 11.9. The number of benzene rings is 1. The topological polar surface area (TPSA) is 8.17 Å². The maximum Gasteiger partial charge on any atom is 0.0480 e. The maximum atomic E-state index is 3.91. The molecule has 1 saturated heterocycles. The highest BCUT2D eigenvalue weighted by molar-refractivity contribution is 5.82. The van der Waals surface area contributed by atoms with Crippen molar-refractivity contribution in [3.05, 3.63) is 48.2 Å².